The van der Waals surface area contributed by atoms with Crippen LogP contribution in [0.3, 0.4) is 0 Å². The number of rotatable bonds is 7. The predicted octanol–water partition coefficient (Wildman–Crippen LogP) is 3.19. The van der Waals surface area contributed by atoms with Crippen LogP contribution in [0, 0.1) is 0 Å². The monoisotopic (exact) mass is 356 g/mol. The highest BCUT2D eigenvalue weighted by molar-refractivity contribution is 5.94. The molecule has 0 fully saturated rings. The Morgan fingerprint density at radius 2 is 1.69 bits per heavy atom. The lowest BCUT2D eigenvalue weighted by molar-refractivity contribution is -0.152. The fourth-order valence-electron chi connectivity index (χ4n) is 2.20. The molecule has 2 aromatic rings. The molecule has 0 aliphatic heterocycles. The van der Waals surface area contributed by atoms with Gasteiger partial charge in [-0.3, -0.25) is 4.79 Å². The topological polar surface area (TPSA) is 78.9 Å². The van der Waals surface area contributed by atoms with Crippen LogP contribution < -0.4 is 4.74 Å². The van der Waals surface area contributed by atoms with Crippen LogP contribution in [0.5, 0.6) is 5.75 Å². The van der Waals surface area contributed by atoms with Crippen LogP contribution in [0.2, 0.25) is 0 Å². The van der Waals surface area contributed by atoms with Gasteiger partial charge < -0.3 is 14.2 Å². The largest absolute Gasteiger partial charge is 0.479 e. The molecule has 0 heterocycles. The molecule has 0 aromatic heterocycles. The van der Waals surface area contributed by atoms with Crippen LogP contribution in [0.15, 0.2) is 48.5 Å². The Balaban J connectivity index is 1.91. The zero-order chi connectivity index (χ0) is 19.1. The van der Waals surface area contributed by atoms with Gasteiger partial charge in [0.2, 0.25) is 0 Å². The van der Waals surface area contributed by atoms with Crippen molar-refractivity contribution in [2.24, 2.45) is 0 Å². The van der Waals surface area contributed by atoms with E-state index in [1.165, 1.54) is 14.0 Å². The molecule has 0 saturated heterocycles. The first-order valence-electron chi connectivity index (χ1n) is 8.02. The van der Waals surface area contributed by atoms with Crippen molar-refractivity contribution >= 4 is 17.7 Å². The highest BCUT2D eigenvalue weighted by Gasteiger charge is 2.17. The minimum Gasteiger partial charge on any atom is -0.479 e. The van der Waals surface area contributed by atoms with Crippen LogP contribution in [0.25, 0.3) is 0 Å². The predicted molar refractivity (Wildman–Crippen MR) is 94.1 cm³/mol. The highest BCUT2D eigenvalue weighted by atomic mass is 16.6. The lowest BCUT2D eigenvalue weighted by Crippen LogP contribution is -2.26. The summed E-state index contributed by atoms with van der Waals surface area (Å²) in [7, 11) is 1.30. The molecule has 0 bridgehead atoms. The standard InChI is InChI=1S/C20H20O6/c1-13(21)16-7-9-18(10-8-16)26-14(2)19(22)25-12-15-5-4-6-17(11-15)20(23)24-3/h4-11,14H,12H2,1-3H3. The molecular formula is C20H20O6. The van der Waals surface area contributed by atoms with Crippen molar-refractivity contribution in [3.05, 3.63) is 65.2 Å². The van der Waals surface area contributed by atoms with Gasteiger partial charge >= 0.3 is 11.9 Å². The summed E-state index contributed by atoms with van der Waals surface area (Å²) in [4.78, 5) is 34.8. The Bertz CT molecular complexity index is 794. The van der Waals surface area contributed by atoms with Gasteiger partial charge in [-0.2, -0.15) is 0 Å². The molecule has 6 heteroatoms. The number of hydrogen-bond donors (Lipinski definition) is 0. The summed E-state index contributed by atoms with van der Waals surface area (Å²) < 4.78 is 15.4. The number of benzene rings is 2. The van der Waals surface area contributed by atoms with Crippen molar-refractivity contribution < 1.29 is 28.6 Å². The van der Waals surface area contributed by atoms with Crippen molar-refractivity contribution in [2.75, 3.05) is 7.11 Å². The summed E-state index contributed by atoms with van der Waals surface area (Å²) in [5.74, 6) is -0.571. The van der Waals surface area contributed by atoms with Crippen molar-refractivity contribution in [3.8, 4) is 5.75 Å². The van der Waals surface area contributed by atoms with Gasteiger partial charge in [0.1, 0.15) is 12.4 Å². The maximum absolute atomic E-state index is 12.1. The molecule has 2 rings (SSSR count). The molecule has 0 spiro atoms. The second-order valence-electron chi connectivity index (χ2n) is 5.64. The fraction of sp³-hybridized carbons (Fsp3) is 0.250. The number of ether oxygens (including phenoxy) is 3. The second-order valence-corrected chi connectivity index (χ2v) is 5.64. The average Bonchev–Trinajstić information content (AvgIpc) is 2.66. The SMILES string of the molecule is COC(=O)c1cccc(COC(=O)C(C)Oc2ccc(C(C)=O)cc2)c1. The van der Waals surface area contributed by atoms with Crippen LogP contribution in [-0.4, -0.2) is 30.9 Å². The number of methoxy groups -OCH3 is 1. The Morgan fingerprint density at radius 3 is 2.31 bits per heavy atom. The summed E-state index contributed by atoms with van der Waals surface area (Å²) in [5.41, 5.74) is 1.62. The van der Waals surface area contributed by atoms with Crippen molar-refractivity contribution in [1.82, 2.24) is 0 Å². The first-order chi connectivity index (χ1) is 12.4. The Hall–Kier alpha value is -3.15. The molecule has 136 valence electrons. The third kappa shape index (κ3) is 5.17. The van der Waals surface area contributed by atoms with Gasteiger partial charge in [-0.05, 0) is 55.8 Å². The smallest absolute Gasteiger partial charge is 0.347 e. The zero-order valence-corrected chi connectivity index (χ0v) is 14.9. The maximum atomic E-state index is 12.1. The number of ketones is 1. The summed E-state index contributed by atoms with van der Waals surface area (Å²) in [6.45, 7) is 3.07. The van der Waals surface area contributed by atoms with E-state index in [9.17, 15) is 14.4 Å². The molecule has 0 N–H and O–H groups in total. The summed E-state index contributed by atoms with van der Waals surface area (Å²) in [5, 5.41) is 0. The second kappa shape index (κ2) is 8.80. The van der Waals surface area contributed by atoms with E-state index in [-0.39, 0.29) is 12.4 Å². The van der Waals surface area contributed by atoms with Crippen LogP contribution in [0.1, 0.15) is 40.1 Å². The van der Waals surface area contributed by atoms with E-state index in [2.05, 4.69) is 4.74 Å². The van der Waals surface area contributed by atoms with Gasteiger partial charge in [-0.15, -0.1) is 0 Å². The van der Waals surface area contributed by atoms with E-state index in [1.807, 2.05) is 0 Å². The molecule has 2 aromatic carbocycles. The van der Waals surface area contributed by atoms with E-state index >= 15 is 0 Å². The summed E-state index contributed by atoms with van der Waals surface area (Å²) >= 11 is 0. The van der Waals surface area contributed by atoms with E-state index < -0.39 is 18.0 Å². The van der Waals surface area contributed by atoms with Crippen molar-refractivity contribution in [2.45, 2.75) is 26.6 Å². The van der Waals surface area contributed by atoms with Crippen LogP contribution in [-0.2, 0) is 20.9 Å². The van der Waals surface area contributed by atoms with Gasteiger partial charge in [0.05, 0.1) is 12.7 Å². The van der Waals surface area contributed by atoms with E-state index in [0.29, 0.717) is 22.4 Å². The summed E-state index contributed by atoms with van der Waals surface area (Å²) in [6, 6.07) is 13.2. The number of hydrogen-bond acceptors (Lipinski definition) is 6. The van der Waals surface area contributed by atoms with Gasteiger partial charge in [-0.1, -0.05) is 12.1 Å². The quantitative estimate of drug-likeness (QED) is 0.560. The molecule has 0 aliphatic rings. The molecule has 26 heavy (non-hydrogen) atoms. The molecular weight excluding hydrogens is 336 g/mol. The zero-order valence-electron chi connectivity index (χ0n) is 14.9. The number of carbonyl (C=O) groups excluding carboxylic acids is 3. The minimum atomic E-state index is -0.818. The normalized spacial score (nSPS) is 11.3. The van der Waals surface area contributed by atoms with Crippen molar-refractivity contribution in [1.29, 1.82) is 0 Å². The fourth-order valence-corrected chi connectivity index (χ4v) is 2.20. The maximum Gasteiger partial charge on any atom is 0.347 e. The molecule has 1 atom stereocenters. The third-order valence-corrected chi connectivity index (χ3v) is 3.63. The molecule has 6 nitrogen and oxygen atoms in total. The Kier molecular flexibility index (Phi) is 6.49. The van der Waals surface area contributed by atoms with E-state index in [1.54, 1.807) is 55.5 Å². The Labute approximate surface area is 151 Å². The van der Waals surface area contributed by atoms with Gasteiger partial charge in [0.15, 0.2) is 11.9 Å². The molecule has 0 radical (unpaired) electrons. The molecule has 1 unspecified atom stereocenters. The van der Waals surface area contributed by atoms with Gasteiger partial charge in [-0.25, -0.2) is 9.59 Å². The first-order valence-corrected chi connectivity index (χ1v) is 8.02. The lowest BCUT2D eigenvalue weighted by Gasteiger charge is -2.14. The van der Waals surface area contributed by atoms with Crippen LogP contribution >= 0.6 is 0 Å². The van der Waals surface area contributed by atoms with Crippen LogP contribution in [0.4, 0.5) is 0 Å². The third-order valence-electron chi connectivity index (χ3n) is 3.63. The molecule has 0 aliphatic carbocycles. The van der Waals surface area contributed by atoms with E-state index in [0.717, 1.165) is 0 Å². The van der Waals surface area contributed by atoms with Crippen molar-refractivity contribution in [3.63, 3.8) is 0 Å². The minimum absolute atomic E-state index is 0.0145. The number of esters is 2. The average molecular weight is 356 g/mol. The first kappa shape index (κ1) is 19.2. The Morgan fingerprint density at radius 1 is 1.00 bits per heavy atom. The molecule has 0 amide bonds. The highest BCUT2D eigenvalue weighted by Crippen LogP contribution is 2.15. The number of Topliss-reactive ketones (excluding diaryl/α,β-unsaturated/α-hetero) is 1. The van der Waals surface area contributed by atoms with Gasteiger partial charge in [0, 0.05) is 5.56 Å². The lowest BCUT2D eigenvalue weighted by atomic mass is 10.1. The van der Waals surface area contributed by atoms with Gasteiger partial charge in [0.25, 0.3) is 0 Å². The number of carbonyl (C=O) groups is 3. The van der Waals surface area contributed by atoms with E-state index in [4.69, 9.17) is 9.47 Å². The molecule has 0 saturated carbocycles. The summed E-state index contributed by atoms with van der Waals surface area (Å²) in [6.07, 6.45) is -0.818.